The molecule has 0 spiro atoms. The first-order valence-electron chi connectivity index (χ1n) is 6.91. The topological polar surface area (TPSA) is 30.5 Å². The largest absolute Gasteiger partial charge is 0.495 e. The van der Waals surface area contributed by atoms with E-state index in [0.29, 0.717) is 6.04 Å². The second-order valence-electron chi connectivity index (χ2n) is 6.02. The normalized spacial score (nSPS) is 13.2. The number of rotatable bonds is 6. The van der Waals surface area contributed by atoms with Gasteiger partial charge >= 0.3 is 0 Å². The molecule has 0 amide bonds. The summed E-state index contributed by atoms with van der Waals surface area (Å²) in [6.45, 7) is 6.78. The third kappa shape index (κ3) is 4.13. The number of aryl methyl sites for hydroxylation is 1. The first-order valence-corrected chi connectivity index (χ1v) is 7.71. The fourth-order valence-corrected chi connectivity index (χ4v) is 3.17. The van der Waals surface area contributed by atoms with E-state index in [2.05, 4.69) is 48.1 Å². The van der Waals surface area contributed by atoms with Gasteiger partial charge in [-0.3, -0.25) is 0 Å². The molecule has 1 unspecified atom stereocenters. The molecule has 1 atom stereocenters. The van der Waals surface area contributed by atoms with Crippen LogP contribution in [0.2, 0.25) is 0 Å². The maximum atomic E-state index is 5.52. The minimum Gasteiger partial charge on any atom is -0.495 e. The molecule has 4 heteroatoms. The summed E-state index contributed by atoms with van der Waals surface area (Å²) in [5.74, 6) is 1.67. The number of halogens is 1. The van der Waals surface area contributed by atoms with E-state index in [0.717, 1.165) is 28.8 Å². The van der Waals surface area contributed by atoms with Crippen molar-refractivity contribution in [2.45, 2.75) is 39.7 Å². The van der Waals surface area contributed by atoms with Gasteiger partial charge in [-0.1, -0.05) is 26.8 Å². The van der Waals surface area contributed by atoms with Gasteiger partial charge in [0.2, 0.25) is 0 Å². The molecule has 114 valence electrons. The molecule has 0 saturated heterocycles. The van der Waals surface area contributed by atoms with E-state index >= 15 is 0 Å². The highest BCUT2D eigenvalue weighted by molar-refractivity contribution is 9.10. The molecule has 0 aliphatic heterocycles. The zero-order chi connectivity index (χ0) is 15.3. The first kappa shape index (κ1) is 17.3. The molecule has 0 aliphatic rings. The molecule has 1 aromatic rings. The summed E-state index contributed by atoms with van der Waals surface area (Å²) in [5.41, 5.74) is 1.44. The molecule has 0 radical (unpaired) electrons. The standard InChI is InChI=1S/C16H26BrNO2/c1-16(2,3)13(18-4)10-8-11-7-9-12(19-5)14(17)15(11)20-6/h7,9,13,18H,8,10H2,1-6H3. The van der Waals surface area contributed by atoms with Gasteiger partial charge in [0.15, 0.2) is 0 Å². The Morgan fingerprint density at radius 1 is 1.20 bits per heavy atom. The van der Waals surface area contributed by atoms with Crippen LogP contribution in [0.3, 0.4) is 0 Å². The van der Waals surface area contributed by atoms with Crippen LogP contribution in [-0.4, -0.2) is 27.3 Å². The molecule has 3 nitrogen and oxygen atoms in total. The molecule has 20 heavy (non-hydrogen) atoms. The summed E-state index contributed by atoms with van der Waals surface area (Å²) in [4.78, 5) is 0. The average molecular weight is 344 g/mol. The van der Waals surface area contributed by atoms with Crippen LogP contribution in [0.5, 0.6) is 11.5 Å². The number of ether oxygens (including phenoxy) is 2. The molecule has 0 saturated carbocycles. The van der Waals surface area contributed by atoms with Crippen LogP contribution in [0.1, 0.15) is 32.8 Å². The van der Waals surface area contributed by atoms with Gasteiger partial charge in [0, 0.05) is 6.04 Å². The maximum Gasteiger partial charge on any atom is 0.139 e. The predicted octanol–water partition coefficient (Wildman–Crippen LogP) is 4.03. The molecule has 0 fully saturated rings. The number of benzene rings is 1. The Balaban J connectivity index is 2.90. The van der Waals surface area contributed by atoms with Crippen molar-refractivity contribution in [1.29, 1.82) is 0 Å². The number of methoxy groups -OCH3 is 2. The molecule has 1 aromatic carbocycles. The first-order chi connectivity index (χ1) is 9.35. The van der Waals surface area contributed by atoms with Crippen LogP contribution >= 0.6 is 15.9 Å². The summed E-state index contributed by atoms with van der Waals surface area (Å²) in [6.07, 6.45) is 2.03. The number of hydrogen-bond donors (Lipinski definition) is 1. The summed E-state index contributed by atoms with van der Waals surface area (Å²) in [7, 11) is 5.38. The molecule has 0 aliphatic carbocycles. The van der Waals surface area contributed by atoms with Gasteiger partial charge in [-0.05, 0) is 52.9 Å². The monoisotopic (exact) mass is 343 g/mol. The second-order valence-corrected chi connectivity index (χ2v) is 6.81. The highest BCUT2D eigenvalue weighted by Crippen LogP contribution is 2.38. The third-order valence-corrected chi connectivity index (χ3v) is 4.41. The van der Waals surface area contributed by atoms with Crippen molar-refractivity contribution >= 4 is 15.9 Å². The van der Waals surface area contributed by atoms with Gasteiger partial charge in [0.1, 0.15) is 16.0 Å². The average Bonchev–Trinajstić information content (AvgIpc) is 2.38. The summed E-state index contributed by atoms with van der Waals surface area (Å²) in [6, 6.07) is 4.53. The summed E-state index contributed by atoms with van der Waals surface area (Å²) < 4.78 is 11.7. The Labute approximate surface area is 131 Å². The minimum absolute atomic E-state index is 0.242. The predicted molar refractivity (Wildman–Crippen MR) is 87.9 cm³/mol. The zero-order valence-corrected chi connectivity index (χ0v) is 14.9. The van der Waals surface area contributed by atoms with Crippen molar-refractivity contribution in [3.8, 4) is 11.5 Å². The Morgan fingerprint density at radius 2 is 1.85 bits per heavy atom. The Kier molecular flexibility index (Phi) is 6.34. The summed E-state index contributed by atoms with van der Waals surface area (Å²) >= 11 is 3.55. The third-order valence-electron chi connectivity index (χ3n) is 3.66. The van der Waals surface area contributed by atoms with Gasteiger partial charge in [-0.25, -0.2) is 0 Å². The molecule has 0 heterocycles. The van der Waals surface area contributed by atoms with Gasteiger partial charge in [0.25, 0.3) is 0 Å². The van der Waals surface area contributed by atoms with Crippen LogP contribution in [0, 0.1) is 5.41 Å². The van der Waals surface area contributed by atoms with Crippen LogP contribution in [0.4, 0.5) is 0 Å². The molecule has 1 rings (SSSR count). The Morgan fingerprint density at radius 3 is 2.30 bits per heavy atom. The molecular weight excluding hydrogens is 318 g/mol. The smallest absolute Gasteiger partial charge is 0.139 e. The van der Waals surface area contributed by atoms with Crippen LogP contribution < -0.4 is 14.8 Å². The van der Waals surface area contributed by atoms with Crippen molar-refractivity contribution in [3.63, 3.8) is 0 Å². The van der Waals surface area contributed by atoms with Crippen LogP contribution in [0.15, 0.2) is 16.6 Å². The lowest BCUT2D eigenvalue weighted by Crippen LogP contribution is -2.38. The molecule has 0 bridgehead atoms. The van der Waals surface area contributed by atoms with Gasteiger partial charge < -0.3 is 14.8 Å². The van der Waals surface area contributed by atoms with E-state index in [1.807, 2.05) is 13.1 Å². The highest BCUT2D eigenvalue weighted by atomic mass is 79.9. The number of nitrogens with one attached hydrogen (secondary N) is 1. The van der Waals surface area contributed by atoms with Crippen molar-refractivity contribution in [2.24, 2.45) is 5.41 Å². The van der Waals surface area contributed by atoms with Gasteiger partial charge in [-0.15, -0.1) is 0 Å². The molecule has 1 N–H and O–H groups in total. The van der Waals surface area contributed by atoms with Crippen LogP contribution in [-0.2, 0) is 6.42 Å². The van der Waals surface area contributed by atoms with E-state index in [9.17, 15) is 0 Å². The summed E-state index contributed by atoms with van der Waals surface area (Å²) in [5, 5.41) is 3.41. The van der Waals surface area contributed by atoms with E-state index < -0.39 is 0 Å². The maximum absolute atomic E-state index is 5.52. The second kappa shape index (κ2) is 7.32. The van der Waals surface area contributed by atoms with Crippen molar-refractivity contribution < 1.29 is 9.47 Å². The van der Waals surface area contributed by atoms with Gasteiger partial charge in [-0.2, -0.15) is 0 Å². The minimum atomic E-state index is 0.242. The zero-order valence-electron chi connectivity index (χ0n) is 13.3. The lowest BCUT2D eigenvalue weighted by Gasteiger charge is -2.30. The van der Waals surface area contributed by atoms with E-state index in [4.69, 9.17) is 9.47 Å². The van der Waals surface area contributed by atoms with Crippen molar-refractivity contribution in [1.82, 2.24) is 5.32 Å². The molecular formula is C16H26BrNO2. The van der Waals surface area contributed by atoms with Crippen LogP contribution in [0.25, 0.3) is 0 Å². The van der Waals surface area contributed by atoms with Gasteiger partial charge in [0.05, 0.1) is 14.2 Å². The number of hydrogen-bond acceptors (Lipinski definition) is 3. The lowest BCUT2D eigenvalue weighted by atomic mass is 9.83. The molecule has 0 aromatic heterocycles. The van der Waals surface area contributed by atoms with E-state index in [1.54, 1.807) is 14.2 Å². The van der Waals surface area contributed by atoms with Crippen molar-refractivity contribution in [3.05, 3.63) is 22.2 Å². The lowest BCUT2D eigenvalue weighted by molar-refractivity contribution is 0.267. The Hall–Kier alpha value is -0.740. The SMILES string of the molecule is CNC(CCc1ccc(OC)c(Br)c1OC)C(C)(C)C. The van der Waals surface area contributed by atoms with E-state index in [-0.39, 0.29) is 5.41 Å². The fourth-order valence-electron chi connectivity index (χ4n) is 2.46. The Bertz CT molecular complexity index is 441. The fraction of sp³-hybridized carbons (Fsp3) is 0.625. The van der Waals surface area contributed by atoms with Crippen molar-refractivity contribution in [2.75, 3.05) is 21.3 Å². The highest BCUT2D eigenvalue weighted by Gasteiger charge is 2.23. The quantitative estimate of drug-likeness (QED) is 0.845. The van der Waals surface area contributed by atoms with E-state index in [1.165, 1.54) is 5.56 Å².